The van der Waals surface area contributed by atoms with Gasteiger partial charge in [-0.2, -0.15) is 11.8 Å². The number of alkyl carbamates (subject to hydrolysis) is 1. The molecule has 1 aromatic carbocycles. The summed E-state index contributed by atoms with van der Waals surface area (Å²) < 4.78 is 5.14. The van der Waals surface area contributed by atoms with Gasteiger partial charge < -0.3 is 10.1 Å². The molecule has 0 aliphatic carbocycles. The van der Waals surface area contributed by atoms with Gasteiger partial charge in [-0.1, -0.05) is 30.3 Å². The number of hydrogen-bond acceptors (Lipinski definition) is 3. The fraction of sp³-hybridized carbons (Fsp3) is 0.462. The van der Waals surface area contributed by atoms with Gasteiger partial charge in [-0.15, -0.1) is 0 Å². The van der Waals surface area contributed by atoms with Crippen LogP contribution in [0.25, 0.3) is 0 Å². The summed E-state index contributed by atoms with van der Waals surface area (Å²) in [5.74, 6) is 0. The van der Waals surface area contributed by atoms with Crippen molar-refractivity contribution >= 4 is 17.9 Å². The van der Waals surface area contributed by atoms with E-state index in [9.17, 15) is 4.79 Å². The van der Waals surface area contributed by atoms with Crippen LogP contribution in [0.2, 0.25) is 0 Å². The Labute approximate surface area is 107 Å². The third kappa shape index (κ3) is 5.63. The zero-order valence-corrected chi connectivity index (χ0v) is 11.3. The number of rotatable bonds is 5. The predicted molar refractivity (Wildman–Crippen MR) is 72.2 cm³/mol. The summed E-state index contributed by atoms with van der Waals surface area (Å²) in [6.45, 7) is 5.07. The number of thioether (sulfide) groups is 1. The first-order valence-electron chi connectivity index (χ1n) is 5.53. The molecule has 1 amide bonds. The van der Waals surface area contributed by atoms with Crippen LogP contribution >= 0.6 is 11.8 Å². The number of ether oxygens (including phenoxy) is 1. The van der Waals surface area contributed by atoms with Crippen LogP contribution in [0.4, 0.5) is 4.79 Å². The van der Waals surface area contributed by atoms with Crippen molar-refractivity contribution in [2.75, 3.05) is 12.8 Å². The van der Waals surface area contributed by atoms with Crippen molar-refractivity contribution in [1.29, 1.82) is 0 Å². The molecule has 94 valence electrons. The number of hydrogen-bond donors (Lipinski definition) is 1. The van der Waals surface area contributed by atoms with Gasteiger partial charge in [-0.25, -0.2) is 4.79 Å². The number of carbonyl (C=O) groups is 1. The maximum absolute atomic E-state index is 11.4. The normalized spacial score (nSPS) is 11.0. The van der Waals surface area contributed by atoms with Crippen molar-refractivity contribution in [3.8, 4) is 0 Å². The molecule has 1 rings (SSSR count). The zero-order chi connectivity index (χ0) is 12.7. The summed E-state index contributed by atoms with van der Waals surface area (Å²) in [5.41, 5.74) is 0.992. The van der Waals surface area contributed by atoms with E-state index in [4.69, 9.17) is 4.74 Å². The largest absolute Gasteiger partial charge is 0.445 e. The Morgan fingerprint density at radius 3 is 2.59 bits per heavy atom. The number of benzene rings is 1. The van der Waals surface area contributed by atoms with Crippen LogP contribution in [0, 0.1) is 0 Å². The van der Waals surface area contributed by atoms with Gasteiger partial charge >= 0.3 is 6.09 Å². The van der Waals surface area contributed by atoms with E-state index in [2.05, 4.69) is 19.2 Å². The van der Waals surface area contributed by atoms with Gasteiger partial charge in [0, 0.05) is 11.3 Å². The molecule has 0 saturated heterocycles. The minimum Gasteiger partial charge on any atom is -0.445 e. The molecule has 0 heterocycles. The Balaban J connectivity index is 2.27. The standard InChI is InChI=1S/C13H19NO2S/c1-13(2,17-3)10-14-12(15)16-9-11-7-5-4-6-8-11/h4-8H,9-10H2,1-3H3,(H,14,15). The lowest BCUT2D eigenvalue weighted by Gasteiger charge is -2.21. The molecule has 0 fully saturated rings. The van der Waals surface area contributed by atoms with E-state index in [0.717, 1.165) is 5.56 Å². The Kier molecular flexibility index (Phi) is 5.35. The Morgan fingerprint density at radius 2 is 2.00 bits per heavy atom. The molecule has 0 saturated carbocycles. The van der Waals surface area contributed by atoms with Crippen molar-refractivity contribution in [1.82, 2.24) is 5.32 Å². The van der Waals surface area contributed by atoms with E-state index in [1.807, 2.05) is 36.6 Å². The molecule has 0 spiro atoms. The molecule has 0 radical (unpaired) electrons. The molecule has 0 aliphatic heterocycles. The maximum atomic E-state index is 11.4. The van der Waals surface area contributed by atoms with Crippen LogP contribution in [0.3, 0.4) is 0 Å². The second-order valence-corrected chi connectivity index (χ2v) is 5.89. The third-order valence-corrected chi connectivity index (χ3v) is 3.67. The van der Waals surface area contributed by atoms with E-state index >= 15 is 0 Å². The van der Waals surface area contributed by atoms with E-state index < -0.39 is 0 Å². The second kappa shape index (κ2) is 6.55. The first-order valence-corrected chi connectivity index (χ1v) is 6.76. The smallest absolute Gasteiger partial charge is 0.407 e. The van der Waals surface area contributed by atoms with E-state index in [1.54, 1.807) is 11.8 Å². The average molecular weight is 253 g/mol. The topological polar surface area (TPSA) is 38.3 Å². The van der Waals surface area contributed by atoms with Crippen molar-refractivity contribution in [2.24, 2.45) is 0 Å². The van der Waals surface area contributed by atoms with Crippen LogP contribution in [0.1, 0.15) is 19.4 Å². The number of amides is 1. The summed E-state index contributed by atoms with van der Waals surface area (Å²) in [4.78, 5) is 11.4. The summed E-state index contributed by atoms with van der Waals surface area (Å²) in [6, 6.07) is 9.64. The second-order valence-electron chi connectivity index (χ2n) is 4.38. The zero-order valence-electron chi connectivity index (χ0n) is 10.5. The SMILES string of the molecule is CSC(C)(C)CNC(=O)OCc1ccccc1. The van der Waals surface area contributed by atoms with Gasteiger partial charge in [0.2, 0.25) is 0 Å². The highest BCUT2D eigenvalue weighted by atomic mass is 32.2. The highest BCUT2D eigenvalue weighted by Gasteiger charge is 2.17. The molecule has 1 aromatic rings. The van der Waals surface area contributed by atoms with Crippen molar-refractivity contribution in [2.45, 2.75) is 25.2 Å². The fourth-order valence-electron chi connectivity index (χ4n) is 1.13. The van der Waals surface area contributed by atoms with E-state index in [-0.39, 0.29) is 10.8 Å². The fourth-order valence-corrected chi connectivity index (χ4v) is 1.35. The average Bonchev–Trinajstić information content (AvgIpc) is 2.35. The molecule has 17 heavy (non-hydrogen) atoms. The van der Waals surface area contributed by atoms with Gasteiger partial charge in [0.05, 0.1) is 0 Å². The van der Waals surface area contributed by atoms with Gasteiger partial charge in [0.1, 0.15) is 6.61 Å². The molecule has 4 heteroatoms. The van der Waals surface area contributed by atoms with Crippen LogP contribution in [0.5, 0.6) is 0 Å². The third-order valence-electron chi connectivity index (χ3n) is 2.42. The van der Waals surface area contributed by atoms with Crippen LogP contribution in [-0.2, 0) is 11.3 Å². The molecular weight excluding hydrogens is 234 g/mol. The van der Waals surface area contributed by atoms with E-state index in [0.29, 0.717) is 13.2 Å². The molecule has 0 bridgehead atoms. The Bertz CT molecular complexity index is 352. The lowest BCUT2D eigenvalue weighted by molar-refractivity contribution is 0.139. The van der Waals surface area contributed by atoms with Crippen LogP contribution in [0.15, 0.2) is 30.3 Å². The maximum Gasteiger partial charge on any atom is 0.407 e. The minimum absolute atomic E-state index is 0.0335. The van der Waals surface area contributed by atoms with Gasteiger partial charge in [0.15, 0.2) is 0 Å². The summed E-state index contributed by atoms with van der Waals surface area (Å²) in [6.07, 6.45) is 1.66. The molecule has 0 aromatic heterocycles. The molecule has 0 atom stereocenters. The molecule has 1 N–H and O–H groups in total. The Morgan fingerprint density at radius 1 is 1.35 bits per heavy atom. The highest BCUT2D eigenvalue weighted by Crippen LogP contribution is 2.19. The molecular formula is C13H19NO2S. The Hall–Kier alpha value is -1.16. The van der Waals surface area contributed by atoms with Crippen molar-refractivity contribution in [3.63, 3.8) is 0 Å². The highest BCUT2D eigenvalue weighted by molar-refractivity contribution is 7.99. The minimum atomic E-state index is -0.365. The summed E-state index contributed by atoms with van der Waals surface area (Å²) in [5, 5.41) is 2.76. The summed E-state index contributed by atoms with van der Waals surface area (Å²) in [7, 11) is 0. The van der Waals surface area contributed by atoms with Gasteiger partial charge in [0.25, 0.3) is 0 Å². The van der Waals surface area contributed by atoms with Gasteiger partial charge in [-0.3, -0.25) is 0 Å². The number of nitrogens with one attached hydrogen (secondary N) is 1. The lowest BCUT2D eigenvalue weighted by Crippen LogP contribution is -2.36. The van der Waals surface area contributed by atoms with Crippen LogP contribution in [-0.4, -0.2) is 23.6 Å². The molecule has 0 aliphatic rings. The first kappa shape index (κ1) is 13.9. The van der Waals surface area contributed by atoms with Gasteiger partial charge in [-0.05, 0) is 25.7 Å². The number of carbonyl (C=O) groups excluding carboxylic acids is 1. The lowest BCUT2D eigenvalue weighted by atomic mass is 10.2. The first-order chi connectivity index (χ1) is 8.03. The molecule has 3 nitrogen and oxygen atoms in total. The van der Waals surface area contributed by atoms with Crippen LogP contribution < -0.4 is 5.32 Å². The quantitative estimate of drug-likeness (QED) is 0.876. The van der Waals surface area contributed by atoms with Crippen molar-refractivity contribution in [3.05, 3.63) is 35.9 Å². The summed E-state index contributed by atoms with van der Waals surface area (Å²) >= 11 is 1.71. The van der Waals surface area contributed by atoms with Crippen molar-refractivity contribution < 1.29 is 9.53 Å². The predicted octanol–water partition coefficient (Wildman–Crippen LogP) is 3.05. The monoisotopic (exact) mass is 253 g/mol. The molecule has 0 unspecified atom stereocenters. The van der Waals surface area contributed by atoms with E-state index in [1.165, 1.54) is 0 Å².